The number of carbonyl (C=O) groups excluding carboxylic acids is 1. The zero-order valence-electron chi connectivity index (χ0n) is 14.2. The molecule has 0 saturated carbocycles. The number of ether oxygens (including phenoxy) is 2. The van der Waals surface area contributed by atoms with Gasteiger partial charge in [-0.15, -0.1) is 0 Å². The number of phenols is 1. The third-order valence-electron chi connectivity index (χ3n) is 3.23. The number of para-hydroxylation sites is 2. The van der Waals surface area contributed by atoms with Gasteiger partial charge in [0.2, 0.25) is 0 Å². The van der Waals surface area contributed by atoms with Gasteiger partial charge in [0, 0.05) is 0 Å². The van der Waals surface area contributed by atoms with E-state index in [0.29, 0.717) is 23.7 Å². The first-order valence-electron chi connectivity index (χ1n) is 7.78. The van der Waals surface area contributed by atoms with Crippen molar-refractivity contribution in [3.63, 3.8) is 0 Å². The quantitative estimate of drug-likeness (QED) is 0.505. The molecule has 0 aliphatic heterocycles. The molecule has 0 bridgehead atoms. The third kappa shape index (κ3) is 5.42. The maximum atomic E-state index is 11.8. The molecule has 132 valence electrons. The highest BCUT2D eigenvalue weighted by molar-refractivity contribution is 5.85. The van der Waals surface area contributed by atoms with E-state index in [1.807, 2.05) is 25.1 Å². The number of anilines is 1. The van der Waals surface area contributed by atoms with Crippen LogP contribution in [0.1, 0.15) is 12.5 Å². The second kappa shape index (κ2) is 9.17. The summed E-state index contributed by atoms with van der Waals surface area (Å²) in [7, 11) is 1.57. The van der Waals surface area contributed by atoms with Gasteiger partial charge in [-0.2, -0.15) is 5.10 Å². The summed E-state index contributed by atoms with van der Waals surface area (Å²) in [5.74, 6) is 0.778. The van der Waals surface area contributed by atoms with Crippen molar-refractivity contribution in [3.8, 4) is 17.2 Å². The van der Waals surface area contributed by atoms with Crippen LogP contribution in [-0.2, 0) is 4.79 Å². The lowest BCUT2D eigenvalue weighted by molar-refractivity contribution is -0.119. The number of rotatable bonds is 8. The Morgan fingerprint density at radius 1 is 1.24 bits per heavy atom. The number of hydrazone groups is 1. The van der Waals surface area contributed by atoms with E-state index < -0.39 is 0 Å². The Labute approximate surface area is 146 Å². The van der Waals surface area contributed by atoms with Crippen LogP contribution in [0.15, 0.2) is 47.6 Å². The van der Waals surface area contributed by atoms with Gasteiger partial charge in [-0.3, -0.25) is 4.79 Å². The molecule has 3 N–H and O–H groups in total. The fourth-order valence-electron chi connectivity index (χ4n) is 2.08. The number of nitrogens with one attached hydrogen (secondary N) is 2. The molecule has 0 heterocycles. The van der Waals surface area contributed by atoms with Gasteiger partial charge >= 0.3 is 0 Å². The van der Waals surface area contributed by atoms with Gasteiger partial charge in [-0.1, -0.05) is 12.1 Å². The number of amides is 1. The minimum Gasteiger partial charge on any atom is -0.504 e. The maximum absolute atomic E-state index is 11.8. The van der Waals surface area contributed by atoms with E-state index in [1.165, 1.54) is 12.3 Å². The molecule has 25 heavy (non-hydrogen) atoms. The molecule has 7 heteroatoms. The number of nitrogens with zero attached hydrogens (tertiary/aromatic N) is 1. The molecular weight excluding hydrogens is 322 g/mol. The molecule has 0 radical (unpaired) electrons. The monoisotopic (exact) mass is 343 g/mol. The summed E-state index contributed by atoms with van der Waals surface area (Å²) in [6.07, 6.45) is 1.44. The van der Waals surface area contributed by atoms with Crippen LogP contribution in [0.4, 0.5) is 5.69 Å². The Balaban J connectivity index is 1.85. The first-order chi connectivity index (χ1) is 12.1. The van der Waals surface area contributed by atoms with Gasteiger partial charge in [0.05, 0.1) is 32.2 Å². The fourth-order valence-corrected chi connectivity index (χ4v) is 2.08. The van der Waals surface area contributed by atoms with E-state index in [4.69, 9.17) is 9.47 Å². The molecule has 0 aliphatic rings. The van der Waals surface area contributed by atoms with Gasteiger partial charge in [-0.25, -0.2) is 5.43 Å². The van der Waals surface area contributed by atoms with Crippen LogP contribution in [0.25, 0.3) is 0 Å². The molecule has 2 aromatic rings. The topological polar surface area (TPSA) is 92.2 Å². The average molecular weight is 343 g/mol. The van der Waals surface area contributed by atoms with Crippen molar-refractivity contribution in [1.82, 2.24) is 5.43 Å². The lowest BCUT2D eigenvalue weighted by Gasteiger charge is -2.09. The second-order valence-corrected chi connectivity index (χ2v) is 5.01. The van der Waals surface area contributed by atoms with Crippen LogP contribution in [0, 0.1) is 0 Å². The normalized spacial score (nSPS) is 10.5. The summed E-state index contributed by atoms with van der Waals surface area (Å²) in [6.45, 7) is 2.35. The molecule has 0 saturated heterocycles. The van der Waals surface area contributed by atoms with Crippen molar-refractivity contribution < 1.29 is 19.4 Å². The van der Waals surface area contributed by atoms with E-state index in [2.05, 4.69) is 15.8 Å². The Morgan fingerprint density at radius 3 is 2.76 bits per heavy atom. The summed E-state index contributed by atoms with van der Waals surface area (Å²) in [4.78, 5) is 11.8. The average Bonchev–Trinajstić information content (AvgIpc) is 2.62. The highest BCUT2D eigenvalue weighted by Crippen LogP contribution is 2.26. The summed E-state index contributed by atoms with van der Waals surface area (Å²) in [5, 5.41) is 16.6. The van der Waals surface area contributed by atoms with E-state index >= 15 is 0 Å². The van der Waals surface area contributed by atoms with Gasteiger partial charge in [0.25, 0.3) is 5.91 Å². The van der Waals surface area contributed by atoms with Gasteiger partial charge in [0.1, 0.15) is 5.75 Å². The minimum absolute atomic E-state index is 0.0231. The predicted molar refractivity (Wildman–Crippen MR) is 96.5 cm³/mol. The molecule has 7 nitrogen and oxygen atoms in total. The summed E-state index contributed by atoms with van der Waals surface area (Å²) in [5.41, 5.74) is 3.77. The first kappa shape index (κ1) is 18.1. The van der Waals surface area contributed by atoms with E-state index in [1.54, 1.807) is 25.3 Å². The van der Waals surface area contributed by atoms with Crippen molar-refractivity contribution in [2.45, 2.75) is 6.92 Å². The largest absolute Gasteiger partial charge is 0.504 e. The third-order valence-corrected chi connectivity index (χ3v) is 3.23. The number of carbonyl (C=O) groups is 1. The molecule has 0 spiro atoms. The first-order valence-corrected chi connectivity index (χ1v) is 7.78. The van der Waals surface area contributed by atoms with E-state index in [-0.39, 0.29) is 18.2 Å². The minimum atomic E-state index is -0.308. The molecular formula is C18H21N3O4. The van der Waals surface area contributed by atoms with Crippen LogP contribution in [0.5, 0.6) is 17.2 Å². The zero-order valence-corrected chi connectivity index (χ0v) is 14.2. The summed E-state index contributed by atoms with van der Waals surface area (Å²) >= 11 is 0. The molecule has 2 rings (SSSR count). The Kier molecular flexibility index (Phi) is 6.65. The molecule has 1 amide bonds. The van der Waals surface area contributed by atoms with Crippen LogP contribution in [-0.4, -0.2) is 37.5 Å². The fraction of sp³-hybridized carbons (Fsp3) is 0.222. The Morgan fingerprint density at radius 2 is 2.04 bits per heavy atom. The maximum Gasteiger partial charge on any atom is 0.259 e. The number of phenolic OH excluding ortho intramolecular Hbond substituents is 1. The van der Waals surface area contributed by atoms with Crippen LogP contribution in [0.3, 0.4) is 0 Å². The van der Waals surface area contributed by atoms with Crippen LogP contribution >= 0.6 is 0 Å². The molecule has 0 atom stereocenters. The standard InChI is InChI=1S/C18H21N3O4/c1-3-25-17-9-8-13(10-15(17)22)11-20-21-18(23)12-19-14-6-4-5-7-16(14)24-2/h4-11,19,22H,3,12H2,1-2H3,(H,21,23)/b20-11-. The summed E-state index contributed by atoms with van der Waals surface area (Å²) in [6, 6.07) is 12.2. The molecule has 0 fully saturated rings. The van der Waals surface area contributed by atoms with Gasteiger partial charge in [-0.05, 0) is 42.8 Å². The molecule has 0 aliphatic carbocycles. The van der Waals surface area contributed by atoms with Gasteiger partial charge < -0.3 is 19.9 Å². The predicted octanol–water partition coefficient (Wildman–Crippen LogP) is 2.36. The zero-order chi connectivity index (χ0) is 18.1. The highest BCUT2D eigenvalue weighted by atomic mass is 16.5. The van der Waals surface area contributed by atoms with Crippen LogP contribution in [0.2, 0.25) is 0 Å². The summed E-state index contributed by atoms with van der Waals surface area (Å²) < 4.78 is 10.4. The SMILES string of the molecule is CCOc1ccc(/C=N\NC(=O)CNc2ccccc2OC)cc1O. The van der Waals surface area contributed by atoms with Crippen molar-refractivity contribution in [3.05, 3.63) is 48.0 Å². The number of aromatic hydroxyl groups is 1. The van der Waals surface area contributed by atoms with Crippen molar-refractivity contribution in [2.24, 2.45) is 5.10 Å². The Hall–Kier alpha value is -3.22. The second-order valence-electron chi connectivity index (χ2n) is 5.01. The molecule has 0 unspecified atom stereocenters. The number of benzene rings is 2. The molecule has 2 aromatic carbocycles. The van der Waals surface area contributed by atoms with Crippen LogP contribution < -0.4 is 20.2 Å². The number of hydrogen-bond donors (Lipinski definition) is 3. The van der Waals surface area contributed by atoms with E-state index in [0.717, 1.165) is 5.69 Å². The highest BCUT2D eigenvalue weighted by Gasteiger charge is 2.04. The number of hydrogen-bond acceptors (Lipinski definition) is 6. The lowest BCUT2D eigenvalue weighted by Crippen LogP contribution is -2.26. The van der Waals surface area contributed by atoms with Crippen molar-refractivity contribution in [1.29, 1.82) is 0 Å². The lowest BCUT2D eigenvalue weighted by atomic mass is 10.2. The van der Waals surface area contributed by atoms with Gasteiger partial charge in [0.15, 0.2) is 11.5 Å². The van der Waals surface area contributed by atoms with E-state index in [9.17, 15) is 9.90 Å². The Bertz CT molecular complexity index is 747. The van der Waals surface area contributed by atoms with Crippen molar-refractivity contribution >= 4 is 17.8 Å². The van der Waals surface area contributed by atoms with Crippen molar-refractivity contribution in [2.75, 3.05) is 25.6 Å². The number of methoxy groups -OCH3 is 1. The smallest absolute Gasteiger partial charge is 0.259 e. The molecule has 0 aromatic heterocycles.